The Morgan fingerprint density at radius 1 is 0.952 bits per heavy atom. The molecule has 0 saturated heterocycles. The van der Waals surface area contributed by atoms with Crippen LogP contribution in [0, 0.1) is 5.92 Å². The van der Waals surface area contributed by atoms with Crippen LogP contribution in [-0.4, -0.2) is 50.4 Å². The summed E-state index contributed by atoms with van der Waals surface area (Å²) < 4.78 is 31.1. The van der Waals surface area contributed by atoms with Crippen LogP contribution in [0.4, 0.5) is 0 Å². The fraction of sp³-hybridized carbons (Fsp3) is 1.00. The van der Waals surface area contributed by atoms with Crippen molar-refractivity contribution >= 4 is 10.1 Å². The first-order valence-corrected chi connectivity index (χ1v) is 10.2. The van der Waals surface area contributed by atoms with Crippen LogP contribution in [0.1, 0.15) is 64.2 Å². The van der Waals surface area contributed by atoms with Gasteiger partial charge in [-0.15, -0.1) is 0 Å². The molecule has 1 N–H and O–H groups in total. The third kappa shape index (κ3) is 10.3. The van der Waals surface area contributed by atoms with Gasteiger partial charge in [-0.25, -0.2) is 0 Å². The molecule has 0 bridgehead atoms. The predicted octanol–water partition coefficient (Wildman–Crippen LogP) is 3.48. The van der Waals surface area contributed by atoms with Crippen LogP contribution in [0.25, 0.3) is 0 Å². The van der Waals surface area contributed by atoms with E-state index in [0.717, 1.165) is 23.4 Å². The van der Waals surface area contributed by atoms with Crippen LogP contribution in [0.5, 0.6) is 0 Å². The quantitative estimate of drug-likeness (QED) is 0.423. The first-order valence-electron chi connectivity index (χ1n) is 8.56. The van der Waals surface area contributed by atoms with E-state index in [9.17, 15) is 8.42 Å². The van der Waals surface area contributed by atoms with E-state index in [1.807, 2.05) is 0 Å². The van der Waals surface area contributed by atoms with Crippen molar-refractivity contribution in [1.29, 1.82) is 0 Å². The number of hydrogen-bond acceptors (Lipinski definition) is 2. The highest BCUT2D eigenvalue weighted by molar-refractivity contribution is 7.85. The Kier molecular flexibility index (Phi) is 8.21. The fourth-order valence-electron chi connectivity index (χ4n) is 3.30. The lowest BCUT2D eigenvalue weighted by atomic mass is 9.88. The molecule has 1 rings (SSSR count). The van der Waals surface area contributed by atoms with Crippen molar-refractivity contribution in [2.75, 3.05) is 32.9 Å². The zero-order valence-corrected chi connectivity index (χ0v) is 14.7. The van der Waals surface area contributed by atoms with Gasteiger partial charge < -0.3 is 4.48 Å². The van der Waals surface area contributed by atoms with Crippen molar-refractivity contribution < 1.29 is 17.5 Å². The predicted molar refractivity (Wildman–Crippen MR) is 87.9 cm³/mol. The van der Waals surface area contributed by atoms with E-state index < -0.39 is 10.1 Å². The Labute approximate surface area is 131 Å². The van der Waals surface area contributed by atoms with Gasteiger partial charge in [0.1, 0.15) is 0 Å². The Morgan fingerprint density at radius 3 is 2.10 bits per heavy atom. The van der Waals surface area contributed by atoms with Gasteiger partial charge in [0.15, 0.2) is 0 Å². The average molecular weight is 321 g/mol. The molecule has 0 spiro atoms. The van der Waals surface area contributed by atoms with Gasteiger partial charge in [-0.1, -0.05) is 44.9 Å². The molecule has 1 aliphatic rings. The second kappa shape index (κ2) is 9.11. The Hall–Kier alpha value is -0.130. The van der Waals surface area contributed by atoms with Gasteiger partial charge in [0.2, 0.25) is 0 Å². The van der Waals surface area contributed by atoms with Crippen LogP contribution in [-0.2, 0) is 10.1 Å². The van der Waals surface area contributed by atoms with Crippen molar-refractivity contribution in [2.24, 2.45) is 5.92 Å². The lowest BCUT2D eigenvalue weighted by molar-refractivity contribution is -0.891. The summed E-state index contributed by atoms with van der Waals surface area (Å²) in [7, 11) is 0.679. The molecule has 0 aliphatic heterocycles. The highest BCUT2D eigenvalue weighted by atomic mass is 32.2. The maximum Gasteiger partial charge on any atom is 0.264 e. The Bertz CT molecular complexity index is 371. The second-order valence-electron chi connectivity index (χ2n) is 7.38. The summed E-state index contributed by atoms with van der Waals surface area (Å²) in [6.07, 6.45) is 12.5. The van der Waals surface area contributed by atoms with Crippen molar-refractivity contribution in [3.63, 3.8) is 0 Å². The van der Waals surface area contributed by atoms with Crippen molar-refractivity contribution in [1.82, 2.24) is 0 Å². The molecule has 0 atom stereocenters. The molecule has 1 fully saturated rings. The molecule has 1 saturated carbocycles. The van der Waals surface area contributed by atoms with Gasteiger partial charge in [0.05, 0.1) is 32.9 Å². The molecule has 0 aromatic heterocycles. The van der Waals surface area contributed by atoms with Gasteiger partial charge in [-0.2, -0.15) is 8.42 Å². The molecule has 0 unspecified atom stereocenters. The minimum Gasteiger partial charge on any atom is -0.328 e. The molecule has 0 radical (unpaired) electrons. The van der Waals surface area contributed by atoms with Gasteiger partial charge >= 0.3 is 0 Å². The first kappa shape index (κ1) is 18.9. The van der Waals surface area contributed by atoms with E-state index in [0.29, 0.717) is 6.42 Å². The molecular weight excluding hydrogens is 286 g/mol. The SMILES string of the molecule is C[N+](C)(CCCCS(=O)(=O)O)CCC1CCCCCCC1. The topological polar surface area (TPSA) is 54.4 Å². The second-order valence-corrected chi connectivity index (χ2v) is 8.95. The standard InChI is InChI=1S/C16H33NO3S/c1-17(2,13-8-9-15-21(18,19)20)14-12-16-10-6-4-3-5-7-11-16/h16H,3-15H2,1-2H3/p+1. The van der Waals surface area contributed by atoms with Crippen molar-refractivity contribution in [2.45, 2.75) is 64.2 Å². The van der Waals surface area contributed by atoms with Crippen LogP contribution in [0.15, 0.2) is 0 Å². The lowest BCUT2D eigenvalue weighted by Gasteiger charge is -2.32. The van der Waals surface area contributed by atoms with E-state index >= 15 is 0 Å². The lowest BCUT2D eigenvalue weighted by Crippen LogP contribution is -2.42. The minimum atomic E-state index is -3.79. The minimum absolute atomic E-state index is 0.102. The highest BCUT2D eigenvalue weighted by Gasteiger charge is 2.19. The number of rotatable bonds is 8. The third-order valence-corrected chi connectivity index (χ3v) is 5.59. The molecular formula is C16H34NO3S+. The molecule has 4 nitrogen and oxygen atoms in total. The molecule has 0 aromatic rings. The molecule has 1 aliphatic carbocycles. The van der Waals surface area contributed by atoms with Gasteiger partial charge in [0, 0.05) is 0 Å². The normalized spacial score (nSPS) is 19.2. The summed E-state index contributed by atoms with van der Waals surface area (Å²) in [6.45, 7) is 2.17. The fourth-order valence-corrected chi connectivity index (χ4v) is 3.87. The van der Waals surface area contributed by atoms with Crippen LogP contribution in [0.3, 0.4) is 0 Å². The number of nitrogens with zero attached hydrogens (tertiary/aromatic N) is 1. The summed E-state index contributed by atoms with van der Waals surface area (Å²) in [5, 5.41) is 0. The van der Waals surface area contributed by atoms with Crippen molar-refractivity contribution in [3.05, 3.63) is 0 Å². The molecule has 21 heavy (non-hydrogen) atoms. The summed E-state index contributed by atoms with van der Waals surface area (Å²) in [6, 6.07) is 0. The third-order valence-electron chi connectivity index (χ3n) is 4.78. The van der Waals surface area contributed by atoms with E-state index in [2.05, 4.69) is 14.1 Å². The molecule has 5 heteroatoms. The first-order chi connectivity index (χ1) is 9.79. The number of quaternary nitrogens is 1. The van der Waals surface area contributed by atoms with Gasteiger partial charge in [-0.3, -0.25) is 4.55 Å². The van der Waals surface area contributed by atoms with Crippen LogP contribution < -0.4 is 0 Å². The largest absolute Gasteiger partial charge is 0.328 e. The van der Waals surface area contributed by atoms with E-state index in [1.165, 1.54) is 57.9 Å². The Morgan fingerprint density at radius 2 is 1.52 bits per heavy atom. The maximum atomic E-state index is 10.7. The summed E-state index contributed by atoms with van der Waals surface area (Å²) >= 11 is 0. The summed E-state index contributed by atoms with van der Waals surface area (Å²) in [4.78, 5) is 0. The zero-order chi connectivity index (χ0) is 15.8. The molecule has 126 valence electrons. The highest BCUT2D eigenvalue weighted by Crippen LogP contribution is 2.25. The van der Waals surface area contributed by atoms with E-state index in [1.54, 1.807) is 0 Å². The number of unbranched alkanes of at least 4 members (excludes halogenated alkanes) is 1. The van der Waals surface area contributed by atoms with Crippen molar-refractivity contribution in [3.8, 4) is 0 Å². The van der Waals surface area contributed by atoms with Gasteiger partial charge in [0.25, 0.3) is 10.1 Å². The van der Waals surface area contributed by atoms with E-state index in [4.69, 9.17) is 4.55 Å². The summed E-state index contributed by atoms with van der Waals surface area (Å²) in [5.74, 6) is 0.788. The Balaban J connectivity index is 2.21. The van der Waals surface area contributed by atoms with Crippen LogP contribution >= 0.6 is 0 Å². The van der Waals surface area contributed by atoms with E-state index in [-0.39, 0.29) is 5.75 Å². The van der Waals surface area contributed by atoms with Crippen LogP contribution in [0.2, 0.25) is 0 Å². The molecule has 0 heterocycles. The smallest absolute Gasteiger partial charge is 0.264 e. The molecule has 0 amide bonds. The maximum absolute atomic E-state index is 10.7. The number of hydrogen-bond donors (Lipinski definition) is 1. The summed E-state index contributed by atoms with van der Waals surface area (Å²) in [5.41, 5.74) is 0. The average Bonchev–Trinajstić information content (AvgIpc) is 2.32. The molecule has 0 aromatic carbocycles. The monoisotopic (exact) mass is 320 g/mol. The van der Waals surface area contributed by atoms with Gasteiger partial charge in [-0.05, 0) is 25.2 Å². The zero-order valence-electron chi connectivity index (χ0n) is 13.9.